The van der Waals surface area contributed by atoms with Crippen molar-refractivity contribution >= 4 is 11.6 Å². The standard InChI is InChI=1S/C25H29ClO6/c26-20-10-7-17(25-24(30)23(29)22(28)21(14-27)32-25)13-18(20)12-16-5-8-19(9-6-16)31-11-1-2-15-3-4-15/h1-2,5-10,13,15,21-25,27-30H,3-4,11-12,14H2/t21-,22-,23+,24-,25+/m1/s1. The molecule has 1 saturated heterocycles. The van der Waals surface area contributed by atoms with E-state index in [0.29, 0.717) is 23.6 Å². The van der Waals surface area contributed by atoms with Gasteiger partial charge in [-0.2, -0.15) is 0 Å². The summed E-state index contributed by atoms with van der Waals surface area (Å²) in [4.78, 5) is 0. The van der Waals surface area contributed by atoms with Crippen LogP contribution in [0.3, 0.4) is 0 Å². The van der Waals surface area contributed by atoms with Crippen LogP contribution in [0.1, 0.15) is 35.6 Å². The Morgan fingerprint density at radius 2 is 1.75 bits per heavy atom. The third-order valence-corrected chi connectivity index (χ3v) is 6.35. The minimum Gasteiger partial charge on any atom is -0.490 e. The molecule has 6 nitrogen and oxygen atoms in total. The molecule has 2 aliphatic rings. The van der Waals surface area contributed by atoms with E-state index in [-0.39, 0.29) is 0 Å². The van der Waals surface area contributed by atoms with Crippen molar-refractivity contribution in [1.82, 2.24) is 0 Å². The van der Waals surface area contributed by atoms with E-state index in [1.807, 2.05) is 30.3 Å². The highest BCUT2D eigenvalue weighted by Gasteiger charge is 2.44. The lowest BCUT2D eigenvalue weighted by Gasteiger charge is -2.40. The van der Waals surface area contributed by atoms with E-state index in [9.17, 15) is 20.4 Å². The molecule has 1 heterocycles. The van der Waals surface area contributed by atoms with E-state index in [1.165, 1.54) is 12.8 Å². The molecule has 4 rings (SSSR count). The number of hydrogen-bond donors (Lipinski definition) is 4. The third-order valence-electron chi connectivity index (χ3n) is 5.98. The maximum Gasteiger partial charge on any atom is 0.119 e. The van der Waals surface area contributed by atoms with Gasteiger partial charge in [0.1, 0.15) is 42.9 Å². The summed E-state index contributed by atoms with van der Waals surface area (Å²) in [5.41, 5.74) is 2.49. The molecular formula is C25H29ClO6. The molecule has 0 radical (unpaired) electrons. The van der Waals surface area contributed by atoms with Crippen LogP contribution in [-0.2, 0) is 11.2 Å². The fraction of sp³-hybridized carbons (Fsp3) is 0.440. The van der Waals surface area contributed by atoms with Crippen LogP contribution in [0.25, 0.3) is 0 Å². The lowest BCUT2D eigenvalue weighted by Crippen LogP contribution is -2.55. The number of aliphatic hydroxyl groups excluding tert-OH is 4. The predicted molar refractivity (Wildman–Crippen MR) is 121 cm³/mol. The maximum absolute atomic E-state index is 10.4. The Labute approximate surface area is 192 Å². The number of hydrogen-bond acceptors (Lipinski definition) is 6. The fourth-order valence-corrected chi connectivity index (χ4v) is 4.07. The molecule has 7 heteroatoms. The van der Waals surface area contributed by atoms with E-state index < -0.39 is 37.1 Å². The smallest absolute Gasteiger partial charge is 0.119 e. The summed E-state index contributed by atoms with van der Waals surface area (Å²) in [6, 6.07) is 13.1. The lowest BCUT2D eigenvalue weighted by atomic mass is 9.90. The number of rotatable bonds is 8. The Bertz CT molecular complexity index is 925. The molecule has 2 aromatic rings. The van der Waals surface area contributed by atoms with Gasteiger partial charge in [-0.15, -0.1) is 0 Å². The number of aliphatic hydroxyl groups is 4. The second kappa shape index (κ2) is 10.3. The van der Waals surface area contributed by atoms with Crippen molar-refractivity contribution in [1.29, 1.82) is 0 Å². The molecule has 172 valence electrons. The number of halogens is 1. The lowest BCUT2D eigenvalue weighted by molar-refractivity contribution is -0.231. The summed E-state index contributed by atoms with van der Waals surface area (Å²) >= 11 is 6.41. The first kappa shape index (κ1) is 23.2. The van der Waals surface area contributed by atoms with Crippen LogP contribution in [0.4, 0.5) is 0 Å². The Morgan fingerprint density at radius 1 is 1.00 bits per heavy atom. The van der Waals surface area contributed by atoms with Crippen LogP contribution >= 0.6 is 11.6 Å². The molecule has 2 aromatic carbocycles. The molecule has 32 heavy (non-hydrogen) atoms. The van der Waals surface area contributed by atoms with Gasteiger partial charge in [0.05, 0.1) is 6.61 Å². The highest BCUT2D eigenvalue weighted by Crippen LogP contribution is 2.34. The SMILES string of the molecule is OC[C@H]1O[C@@H](c2ccc(Cl)c(Cc3ccc(OCC=CC4CC4)cc3)c2)[C@H](O)[C@@H](O)[C@@H]1O. The van der Waals surface area contributed by atoms with Gasteiger partial charge >= 0.3 is 0 Å². The average molecular weight is 461 g/mol. The quantitative estimate of drug-likeness (QED) is 0.452. The van der Waals surface area contributed by atoms with Crippen LogP contribution in [0.2, 0.25) is 5.02 Å². The molecule has 0 unspecified atom stereocenters. The van der Waals surface area contributed by atoms with Crippen LogP contribution in [-0.4, -0.2) is 58.1 Å². The number of allylic oxidation sites excluding steroid dienone is 1. The van der Waals surface area contributed by atoms with Crippen molar-refractivity contribution in [3.63, 3.8) is 0 Å². The van der Waals surface area contributed by atoms with Crippen LogP contribution in [0.15, 0.2) is 54.6 Å². The molecule has 0 amide bonds. The predicted octanol–water partition coefficient (Wildman–Crippen LogP) is 2.79. The summed E-state index contributed by atoms with van der Waals surface area (Å²) in [7, 11) is 0. The normalized spacial score (nSPS) is 28.2. The molecule has 4 N–H and O–H groups in total. The highest BCUT2D eigenvalue weighted by molar-refractivity contribution is 6.31. The summed E-state index contributed by atoms with van der Waals surface area (Å²) in [6.45, 7) is 0.0928. The van der Waals surface area contributed by atoms with Crippen molar-refractivity contribution in [2.24, 2.45) is 5.92 Å². The zero-order valence-electron chi connectivity index (χ0n) is 17.7. The summed E-state index contributed by atoms with van der Waals surface area (Å²) in [6.07, 6.45) is 1.43. The molecule has 0 aromatic heterocycles. The number of ether oxygens (including phenoxy) is 2. The fourth-order valence-electron chi connectivity index (χ4n) is 3.89. The summed E-state index contributed by atoms with van der Waals surface area (Å²) in [5, 5.41) is 40.5. The summed E-state index contributed by atoms with van der Waals surface area (Å²) in [5.74, 6) is 1.54. The van der Waals surface area contributed by atoms with E-state index in [0.717, 1.165) is 22.8 Å². The monoisotopic (exact) mass is 460 g/mol. The zero-order chi connectivity index (χ0) is 22.7. The molecule has 1 saturated carbocycles. The first-order valence-corrected chi connectivity index (χ1v) is 11.3. The van der Waals surface area contributed by atoms with Crippen molar-refractivity contribution in [2.75, 3.05) is 13.2 Å². The Balaban J connectivity index is 1.43. The van der Waals surface area contributed by atoms with Crippen molar-refractivity contribution in [2.45, 2.75) is 49.8 Å². The minimum atomic E-state index is -1.42. The van der Waals surface area contributed by atoms with Gasteiger partial charge in [-0.05, 0) is 60.1 Å². The maximum atomic E-state index is 10.4. The van der Waals surface area contributed by atoms with Gasteiger partial charge in [-0.3, -0.25) is 0 Å². The van der Waals surface area contributed by atoms with E-state index in [1.54, 1.807) is 12.1 Å². The van der Waals surface area contributed by atoms with Crippen molar-refractivity contribution in [3.8, 4) is 5.75 Å². The number of benzene rings is 2. The highest BCUT2D eigenvalue weighted by atomic mass is 35.5. The van der Waals surface area contributed by atoms with Gasteiger partial charge in [0.2, 0.25) is 0 Å². The van der Waals surface area contributed by atoms with E-state index in [2.05, 4.69) is 12.2 Å². The van der Waals surface area contributed by atoms with Gasteiger partial charge < -0.3 is 29.9 Å². The molecule has 0 spiro atoms. The first-order valence-electron chi connectivity index (χ1n) is 10.9. The topological polar surface area (TPSA) is 99.4 Å². The first-order chi connectivity index (χ1) is 15.5. The second-order valence-electron chi connectivity index (χ2n) is 8.50. The van der Waals surface area contributed by atoms with Crippen LogP contribution in [0, 0.1) is 5.92 Å². The van der Waals surface area contributed by atoms with Gasteiger partial charge in [0, 0.05) is 5.02 Å². The van der Waals surface area contributed by atoms with E-state index >= 15 is 0 Å². The van der Waals surface area contributed by atoms with E-state index in [4.69, 9.17) is 21.1 Å². The van der Waals surface area contributed by atoms with Crippen LogP contribution < -0.4 is 4.74 Å². The molecule has 1 aliphatic carbocycles. The minimum absolute atomic E-state index is 0.466. The molecule has 5 atom stereocenters. The molecule has 1 aliphatic heterocycles. The average Bonchev–Trinajstić information content (AvgIpc) is 3.63. The molecular weight excluding hydrogens is 432 g/mol. The second-order valence-corrected chi connectivity index (χ2v) is 8.90. The Kier molecular flexibility index (Phi) is 7.51. The Hall–Kier alpha value is -1.93. The summed E-state index contributed by atoms with van der Waals surface area (Å²) < 4.78 is 11.4. The van der Waals surface area contributed by atoms with Gasteiger partial charge in [0.15, 0.2) is 0 Å². The van der Waals surface area contributed by atoms with Gasteiger partial charge in [0.25, 0.3) is 0 Å². The third kappa shape index (κ3) is 5.52. The van der Waals surface area contributed by atoms with Crippen molar-refractivity contribution < 1.29 is 29.9 Å². The van der Waals surface area contributed by atoms with Crippen LogP contribution in [0.5, 0.6) is 5.75 Å². The molecule has 2 fully saturated rings. The van der Waals surface area contributed by atoms with Gasteiger partial charge in [-0.25, -0.2) is 0 Å². The zero-order valence-corrected chi connectivity index (χ0v) is 18.4. The molecule has 0 bridgehead atoms. The Morgan fingerprint density at radius 3 is 2.44 bits per heavy atom. The van der Waals surface area contributed by atoms with Crippen molar-refractivity contribution in [3.05, 3.63) is 76.3 Å². The van der Waals surface area contributed by atoms with Gasteiger partial charge in [-0.1, -0.05) is 48.0 Å². The largest absolute Gasteiger partial charge is 0.490 e.